The Labute approximate surface area is 163 Å². The van der Waals surface area contributed by atoms with Crippen molar-refractivity contribution < 1.29 is 0 Å². The SMILES string of the molecule is C=C(CCC(=N)c1ccc(C(C)C)cc1)c1nc2ncc(C(C)P)cc2[nH]1. The van der Waals surface area contributed by atoms with Crippen LogP contribution in [0.25, 0.3) is 16.7 Å². The second-order valence-electron chi connectivity index (χ2n) is 7.37. The largest absolute Gasteiger partial charge is 0.337 e. The zero-order chi connectivity index (χ0) is 19.6. The molecule has 0 saturated heterocycles. The van der Waals surface area contributed by atoms with E-state index in [1.54, 1.807) is 0 Å². The quantitative estimate of drug-likeness (QED) is 0.398. The van der Waals surface area contributed by atoms with Crippen LogP contribution in [0, 0.1) is 5.41 Å². The van der Waals surface area contributed by atoms with Crippen molar-refractivity contribution in [2.75, 3.05) is 0 Å². The Hall–Kier alpha value is -2.32. The molecule has 0 fully saturated rings. The first-order valence-electron chi connectivity index (χ1n) is 9.32. The van der Waals surface area contributed by atoms with Gasteiger partial charge in [0.1, 0.15) is 5.82 Å². The number of fused-ring (bicyclic) bond motifs is 1. The third kappa shape index (κ3) is 4.51. The summed E-state index contributed by atoms with van der Waals surface area (Å²) < 4.78 is 0. The van der Waals surface area contributed by atoms with Gasteiger partial charge in [-0.25, -0.2) is 9.97 Å². The molecule has 140 valence electrons. The molecular formula is C22H27N4P. The summed E-state index contributed by atoms with van der Waals surface area (Å²) in [4.78, 5) is 12.3. The zero-order valence-electron chi connectivity index (χ0n) is 16.2. The first-order chi connectivity index (χ1) is 12.8. The highest BCUT2D eigenvalue weighted by Crippen LogP contribution is 2.25. The molecule has 2 N–H and O–H groups in total. The summed E-state index contributed by atoms with van der Waals surface area (Å²) >= 11 is 0. The zero-order valence-corrected chi connectivity index (χ0v) is 17.4. The van der Waals surface area contributed by atoms with E-state index in [-0.39, 0.29) is 0 Å². The number of aromatic amines is 1. The Morgan fingerprint density at radius 2 is 1.85 bits per heavy atom. The van der Waals surface area contributed by atoms with Crippen molar-refractivity contribution in [2.24, 2.45) is 0 Å². The highest BCUT2D eigenvalue weighted by molar-refractivity contribution is 7.17. The van der Waals surface area contributed by atoms with Crippen LogP contribution in [0.15, 0.2) is 43.1 Å². The lowest BCUT2D eigenvalue weighted by atomic mass is 9.98. The molecule has 0 aliphatic carbocycles. The molecule has 0 spiro atoms. The van der Waals surface area contributed by atoms with E-state index in [4.69, 9.17) is 5.41 Å². The van der Waals surface area contributed by atoms with Gasteiger partial charge in [0.15, 0.2) is 5.65 Å². The normalized spacial score (nSPS) is 12.5. The maximum Gasteiger partial charge on any atom is 0.178 e. The predicted molar refractivity (Wildman–Crippen MR) is 118 cm³/mol. The third-order valence-corrected chi connectivity index (χ3v) is 5.21. The van der Waals surface area contributed by atoms with Gasteiger partial charge in [-0.3, -0.25) is 0 Å². The van der Waals surface area contributed by atoms with Crippen LogP contribution in [0.2, 0.25) is 0 Å². The highest BCUT2D eigenvalue weighted by atomic mass is 31.0. The summed E-state index contributed by atoms with van der Waals surface area (Å²) in [5.74, 6) is 1.26. The van der Waals surface area contributed by atoms with E-state index >= 15 is 0 Å². The van der Waals surface area contributed by atoms with Gasteiger partial charge in [-0.2, -0.15) is 0 Å². The minimum absolute atomic E-state index is 0.347. The highest BCUT2D eigenvalue weighted by Gasteiger charge is 2.11. The monoisotopic (exact) mass is 378 g/mol. The fraction of sp³-hybridized carbons (Fsp3) is 0.318. The molecule has 0 amide bonds. The first kappa shape index (κ1) is 19.4. The summed E-state index contributed by atoms with van der Waals surface area (Å²) in [5.41, 5.74) is 6.93. The van der Waals surface area contributed by atoms with E-state index in [1.807, 2.05) is 18.3 Å². The van der Waals surface area contributed by atoms with Crippen LogP contribution >= 0.6 is 9.24 Å². The summed E-state index contributed by atoms with van der Waals surface area (Å²) in [5, 5.41) is 8.36. The first-order valence-corrected chi connectivity index (χ1v) is 9.99. The maximum absolute atomic E-state index is 8.36. The summed E-state index contributed by atoms with van der Waals surface area (Å²) in [6, 6.07) is 10.4. The molecule has 3 aromatic rings. The molecule has 2 unspecified atom stereocenters. The molecule has 3 rings (SSSR count). The van der Waals surface area contributed by atoms with Crippen LogP contribution in [0.3, 0.4) is 0 Å². The van der Waals surface area contributed by atoms with Gasteiger partial charge in [0, 0.05) is 11.9 Å². The van der Waals surface area contributed by atoms with Crippen LogP contribution in [0.1, 0.15) is 67.7 Å². The van der Waals surface area contributed by atoms with Crippen molar-refractivity contribution in [1.29, 1.82) is 5.41 Å². The number of rotatable bonds is 7. The van der Waals surface area contributed by atoms with E-state index in [1.165, 1.54) is 5.56 Å². The number of benzene rings is 1. The van der Waals surface area contributed by atoms with Crippen LogP contribution in [-0.4, -0.2) is 20.7 Å². The average Bonchev–Trinajstić information content (AvgIpc) is 3.09. The molecule has 2 heterocycles. The van der Waals surface area contributed by atoms with Crippen LogP contribution in [0.4, 0.5) is 0 Å². The van der Waals surface area contributed by atoms with Gasteiger partial charge in [0.25, 0.3) is 0 Å². The Morgan fingerprint density at radius 3 is 2.48 bits per heavy atom. The third-order valence-electron chi connectivity index (χ3n) is 4.82. The van der Waals surface area contributed by atoms with Gasteiger partial charge < -0.3 is 10.4 Å². The Kier molecular flexibility index (Phi) is 5.86. The van der Waals surface area contributed by atoms with Gasteiger partial charge in [0.2, 0.25) is 0 Å². The summed E-state index contributed by atoms with van der Waals surface area (Å²) in [6.45, 7) is 10.6. The second-order valence-corrected chi connectivity index (χ2v) is 8.37. The van der Waals surface area contributed by atoms with Gasteiger partial charge in [0.05, 0.1) is 5.52 Å². The van der Waals surface area contributed by atoms with Crippen molar-refractivity contribution >= 4 is 31.7 Å². The second kappa shape index (κ2) is 8.14. The van der Waals surface area contributed by atoms with Crippen molar-refractivity contribution in [3.05, 3.63) is 65.6 Å². The lowest BCUT2D eigenvalue weighted by molar-refractivity contribution is 0.866. The van der Waals surface area contributed by atoms with Gasteiger partial charge in [-0.1, -0.05) is 51.6 Å². The van der Waals surface area contributed by atoms with Crippen molar-refractivity contribution in [3.63, 3.8) is 0 Å². The van der Waals surface area contributed by atoms with Gasteiger partial charge in [-0.15, -0.1) is 9.24 Å². The van der Waals surface area contributed by atoms with E-state index < -0.39 is 0 Å². The van der Waals surface area contributed by atoms with Crippen LogP contribution in [0.5, 0.6) is 0 Å². The standard InChI is InChI=1S/C22H27N4P/c1-13(2)16-6-8-17(9-7-16)19(23)10-5-14(3)21-25-20-11-18(15(4)27)12-24-22(20)26-21/h6-9,11-13,15,23H,3,5,10,27H2,1-2,4H3,(H,24,25,26). The number of pyridine rings is 1. The average molecular weight is 378 g/mol. The van der Waals surface area contributed by atoms with Crippen LogP contribution in [-0.2, 0) is 0 Å². The van der Waals surface area contributed by atoms with E-state index in [0.29, 0.717) is 35.8 Å². The molecular weight excluding hydrogens is 351 g/mol. The number of aromatic nitrogens is 3. The maximum atomic E-state index is 8.36. The van der Waals surface area contributed by atoms with Gasteiger partial charge >= 0.3 is 0 Å². The Bertz CT molecular complexity index is 968. The molecule has 2 aromatic heterocycles. The molecule has 5 heteroatoms. The molecule has 27 heavy (non-hydrogen) atoms. The number of nitrogens with one attached hydrogen (secondary N) is 2. The fourth-order valence-electron chi connectivity index (χ4n) is 2.94. The number of hydrogen-bond donors (Lipinski definition) is 2. The van der Waals surface area contributed by atoms with Crippen molar-refractivity contribution in [2.45, 2.75) is 45.2 Å². The Balaban J connectivity index is 1.66. The molecule has 1 aromatic carbocycles. The molecule has 0 aliphatic heterocycles. The molecule has 4 nitrogen and oxygen atoms in total. The smallest absolute Gasteiger partial charge is 0.178 e. The number of imidazole rings is 1. The lowest BCUT2D eigenvalue weighted by Crippen LogP contribution is -2.00. The summed E-state index contributed by atoms with van der Waals surface area (Å²) in [7, 11) is 2.78. The number of allylic oxidation sites excluding steroid dienone is 1. The predicted octanol–water partition coefficient (Wildman–Crippen LogP) is 5.88. The van der Waals surface area contributed by atoms with E-state index in [9.17, 15) is 0 Å². The topological polar surface area (TPSA) is 65.4 Å². The van der Waals surface area contributed by atoms with Crippen molar-refractivity contribution in [1.82, 2.24) is 15.0 Å². The lowest BCUT2D eigenvalue weighted by Gasteiger charge is -2.08. The van der Waals surface area contributed by atoms with Gasteiger partial charge in [-0.05, 0) is 52.7 Å². The number of H-pyrrole nitrogens is 1. The number of nitrogens with zero attached hydrogens (tertiary/aromatic N) is 2. The molecule has 0 aliphatic rings. The molecule has 2 atom stereocenters. The molecule has 0 saturated carbocycles. The van der Waals surface area contributed by atoms with Crippen LogP contribution < -0.4 is 0 Å². The molecule has 0 radical (unpaired) electrons. The van der Waals surface area contributed by atoms with Crippen molar-refractivity contribution in [3.8, 4) is 0 Å². The minimum atomic E-state index is 0.347. The molecule has 0 bridgehead atoms. The number of hydrogen-bond acceptors (Lipinski definition) is 3. The minimum Gasteiger partial charge on any atom is -0.337 e. The van der Waals surface area contributed by atoms with E-state index in [0.717, 1.165) is 28.0 Å². The summed E-state index contributed by atoms with van der Waals surface area (Å²) in [6.07, 6.45) is 3.19. The Morgan fingerprint density at radius 1 is 1.15 bits per heavy atom. The van der Waals surface area contributed by atoms with E-state index in [2.05, 4.69) is 69.7 Å². The fourth-order valence-corrected chi connectivity index (χ4v) is 3.12.